The Hall–Kier alpha value is -1.82. The van der Waals surface area contributed by atoms with Gasteiger partial charge in [-0.15, -0.1) is 0 Å². The first-order valence-corrected chi connectivity index (χ1v) is 10.7. The lowest BCUT2D eigenvalue weighted by atomic mass is 10.1. The fourth-order valence-corrected chi connectivity index (χ4v) is 5.92. The standard InChI is InChI=1S/C21H23N2OS2/c1-3-22-16-7-5-6-8-18(16)25-20(22)14-21-23(4-2)17-10-9-15(11-12-24)13-19(17)26-21/h5-10,13-14,24H,3-4,11-12H2,1-2H3/q+1. The SMILES string of the molecule is CCN1/C(=C\c2sc3cc(CCO)ccc3[n+]2CC)Sc2ccccc21. The van der Waals surface area contributed by atoms with E-state index in [4.69, 9.17) is 0 Å². The van der Waals surface area contributed by atoms with Gasteiger partial charge in [-0.1, -0.05) is 41.3 Å². The van der Waals surface area contributed by atoms with Crippen molar-refractivity contribution in [2.75, 3.05) is 18.1 Å². The van der Waals surface area contributed by atoms with Gasteiger partial charge in [-0.2, -0.15) is 4.57 Å². The Morgan fingerprint density at radius 2 is 2.00 bits per heavy atom. The number of thiazole rings is 1. The quantitative estimate of drug-likeness (QED) is 0.649. The summed E-state index contributed by atoms with van der Waals surface area (Å²) in [6, 6.07) is 15.2. The molecule has 26 heavy (non-hydrogen) atoms. The lowest BCUT2D eigenvalue weighted by molar-refractivity contribution is -0.665. The number of hydrogen-bond acceptors (Lipinski definition) is 4. The number of aliphatic hydroxyl groups excluding tert-OH is 1. The molecule has 0 saturated heterocycles. The van der Waals surface area contributed by atoms with Crippen LogP contribution in [0.1, 0.15) is 24.4 Å². The van der Waals surface area contributed by atoms with Gasteiger partial charge in [0.05, 0.1) is 16.8 Å². The molecule has 1 aliphatic rings. The molecule has 0 atom stereocenters. The summed E-state index contributed by atoms with van der Waals surface area (Å²) in [7, 11) is 0. The largest absolute Gasteiger partial charge is 0.396 e. The summed E-state index contributed by atoms with van der Waals surface area (Å²) in [6.07, 6.45) is 3.04. The molecule has 5 heteroatoms. The van der Waals surface area contributed by atoms with E-state index >= 15 is 0 Å². The van der Waals surface area contributed by atoms with Gasteiger partial charge in [0, 0.05) is 24.1 Å². The van der Waals surface area contributed by atoms with E-state index in [1.165, 1.54) is 36.4 Å². The number of aryl methyl sites for hydroxylation is 1. The molecule has 0 amide bonds. The maximum Gasteiger partial charge on any atom is 0.265 e. The van der Waals surface area contributed by atoms with E-state index in [9.17, 15) is 5.11 Å². The molecule has 3 nitrogen and oxygen atoms in total. The summed E-state index contributed by atoms with van der Waals surface area (Å²) in [5.41, 5.74) is 3.77. The van der Waals surface area contributed by atoms with E-state index in [-0.39, 0.29) is 6.61 Å². The summed E-state index contributed by atoms with van der Waals surface area (Å²) in [5, 5.41) is 11.8. The molecular weight excluding hydrogens is 360 g/mol. The molecular formula is C21H23N2OS2+. The summed E-state index contributed by atoms with van der Waals surface area (Å²) < 4.78 is 3.67. The lowest BCUT2D eigenvalue weighted by Gasteiger charge is -2.17. The van der Waals surface area contributed by atoms with Crippen molar-refractivity contribution in [1.29, 1.82) is 0 Å². The molecule has 0 radical (unpaired) electrons. The molecule has 0 spiro atoms. The van der Waals surface area contributed by atoms with Gasteiger partial charge < -0.3 is 10.0 Å². The highest BCUT2D eigenvalue weighted by Crippen LogP contribution is 2.46. The summed E-state index contributed by atoms with van der Waals surface area (Å²) in [5.74, 6) is 0. The minimum atomic E-state index is 0.196. The molecule has 134 valence electrons. The van der Waals surface area contributed by atoms with E-state index in [0.29, 0.717) is 6.42 Å². The van der Waals surface area contributed by atoms with E-state index in [1.807, 2.05) is 23.1 Å². The van der Waals surface area contributed by atoms with Gasteiger partial charge in [0.15, 0.2) is 0 Å². The van der Waals surface area contributed by atoms with Crippen molar-refractivity contribution in [3.05, 3.63) is 58.1 Å². The molecule has 3 aromatic rings. The topological polar surface area (TPSA) is 27.3 Å². The zero-order valence-electron chi connectivity index (χ0n) is 15.1. The van der Waals surface area contributed by atoms with Crippen LogP contribution in [0.15, 0.2) is 52.4 Å². The fraction of sp³-hybridized carbons (Fsp3) is 0.286. The van der Waals surface area contributed by atoms with Gasteiger partial charge in [-0.3, -0.25) is 0 Å². The van der Waals surface area contributed by atoms with Crippen LogP contribution in [0.3, 0.4) is 0 Å². The third kappa shape index (κ3) is 3.04. The zero-order valence-corrected chi connectivity index (χ0v) is 16.7. The molecule has 4 rings (SSSR count). The first-order chi connectivity index (χ1) is 12.7. The van der Waals surface area contributed by atoms with E-state index < -0.39 is 0 Å². The predicted octanol–water partition coefficient (Wildman–Crippen LogP) is 4.67. The summed E-state index contributed by atoms with van der Waals surface area (Å²) >= 11 is 3.68. The van der Waals surface area contributed by atoms with Gasteiger partial charge >= 0.3 is 0 Å². The van der Waals surface area contributed by atoms with Crippen LogP contribution in [0.5, 0.6) is 0 Å². The van der Waals surface area contributed by atoms with E-state index in [1.54, 1.807) is 0 Å². The molecule has 0 fully saturated rings. The number of hydrogen-bond donors (Lipinski definition) is 1. The van der Waals surface area contributed by atoms with Gasteiger partial charge in [-0.05, 0) is 44.0 Å². The van der Waals surface area contributed by atoms with Crippen molar-refractivity contribution in [1.82, 2.24) is 0 Å². The third-order valence-electron chi connectivity index (χ3n) is 4.71. The fourth-order valence-electron chi connectivity index (χ4n) is 3.46. The van der Waals surface area contributed by atoms with Gasteiger partial charge in [0.25, 0.3) is 5.01 Å². The number of benzene rings is 2. The molecule has 2 aromatic carbocycles. The monoisotopic (exact) mass is 383 g/mol. The number of fused-ring (bicyclic) bond motifs is 2. The summed E-state index contributed by atoms with van der Waals surface area (Å²) in [4.78, 5) is 3.72. The van der Waals surface area contributed by atoms with Crippen LogP contribution in [0.2, 0.25) is 0 Å². The van der Waals surface area contributed by atoms with Crippen LogP contribution in [-0.2, 0) is 13.0 Å². The van der Waals surface area contributed by atoms with Crippen molar-refractivity contribution in [3.63, 3.8) is 0 Å². The highest BCUT2D eigenvalue weighted by atomic mass is 32.2. The first kappa shape index (κ1) is 17.6. The smallest absolute Gasteiger partial charge is 0.265 e. The number of para-hydroxylation sites is 1. The molecule has 0 bridgehead atoms. The van der Waals surface area contributed by atoms with Gasteiger partial charge in [0.1, 0.15) is 11.2 Å². The Balaban J connectivity index is 1.78. The van der Waals surface area contributed by atoms with Crippen LogP contribution in [-0.4, -0.2) is 18.3 Å². The van der Waals surface area contributed by atoms with Crippen molar-refractivity contribution in [3.8, 4) is 0 Å². The second-order valence-electron chi connectivity index (χ2n) is 6.26. The Morgan fingerprint density at radius 3 is 2.77 bits per heavy atom. The maximum absolute atomic E-state index is 9.21. The zero-order chi connectivity index (χ0) is 18.1. The number of rotatable bonds is 5. The van der Waals surface area contributed by atoms with Crippen LogP contribution < -0.4 is 9.47 Å². The number of thioether (sulfide) groups is 1. The lowest BCUT2D eigenvalue weighted by Crippen LogP contribution is -2.33. The highest BCUT2D eigenvalue weighted by molar-refractivity contribution is 8.03. The Kier molecular flexibility index (Phi) is 5.02. The van der Waals surface area contributed by atoms with Crippen molar-refractivity contribution >= 4 is 45.1 Å². The van der Waals surface area contributed by atoms with E-state index in [2.05, 4.69) is 71.9 Å². The number of anilines is 1. The highest BCUT2D eigenvalue weighted by Gasteiger charge is 2.26. The normalized spacial score (nSPS) is 15.2. The molecule has 0 aliphatic carbocycles. The summed E-state index contributed by atoms with van der Waals surface area (Å²) in [6.45, 7) is 6.51. The molecule has 0 saturated carbocycles. The first-order valence-electron chi connectivity index (χ1n) is 9.07. The molecule has 2 heterocycles. The van der Waals surface area contributed by atoms with E-state index in [0.717, 1.165) is 13.1 Å². The van der Waals surface area contributed by atoms with Crippen LogP contribution in [0.4, 0.5) is 5.69 Å². The minimum Gasteiger partial charge on any atom is -0.396 e. The maximum atomic E-state index is 9.21. The third-order valence-corrected chi connectivity index (χ3v) is 6.92. The predicted molar refractivity (Wildman–Crippen MR) is 112 cm³/mol. The Labute approximate surface area is 162 Å². The van der Waals surface area contributed by atoms with Crippen LogP contribution in [0.25, 0.3) is 16.3 Å². The number of aromatic nitrogens is 1. The van der Waals surface area contributed by atoms with Gasteiger partial charge in [-0.25, -0.2) is 0 Å². The Bertz CT molecular complexity index is 977. The second kappa shape index (κ2) is 7.43. The molecule has 1 aliphatic heterocycles. The van der Waals surface area contributed by atoms with Crippen LogP contribution in [0, 0.1) is 0 Å². The second-order valence-corrected chi connectivity index (χ2v) is 8.38. The Morgan fingerprint density at radius 1 is 1.15 bits per heavy atom. The van der Waals surface area contributed by atoms with Crippen molar-refractivity contribution < 1.29 is 9.67 Å². The van der Waals surface area contributed by atoms with Gasteiger partial charge in [0.2, 0.25) is 5.52 Å². The van der Waals surface area contributed by atoms with Crippen molar-refractivity contribution in [2.45, 2.75) is 31.7 Å². The average molecular weight is 384 g/mol. The minimum absolute atomic E-state index is 0.196. The molecule has 1 N–H and O–H groups in total. The number of nitrogens with zero attached hydrogens (tertiary/aromatic N) is 2. The molecule has 0 unspecified atom stereocenters. The van der Waals surface area contributed by atoms with Crippen molar-refractivity contribution in [2.24, 2.45) is 0 Å². The average Bonchev–Trinajstić information content (AvgIpc) is 3.18. The number of aliphatic hydroxyl groups is 1. The molecule has 1 aromatic heterocycles. The van der Waals surface area contributed by atoms with Crippen LogP contribution >= 0.6 is 23.1 Å².